The smallest absolute Gasteiger partial charge is 0.339 e. The summed E-state index contributed by atoms with van der Waals surface area (Å²) in [4.78, 5) is 10.8. The van der Waals surface area contributed by atoms with Gasteiger partial charge in [-0.25, -0.2) is 4.79 Å². The molecular weight excluding hydrogens is 200 g/mol. The minimum atomic E-state index is -1.18. The Bertz CT molecular complexity index is 375. The van der Waals surface area contributed by atoms with Crippen molar-refractivity contribution in [3.63, 3.8) is 0 Å². The van der Waals surface area contributed by atoms with Crippen molar-refractivity contribution in [1.82, 2.24) is 0 Å². The van der Waals surface area contributed by atoms with Crippen LogP contribution in [0.4, 0.5) is 0 Å². The van der Waals surface area contributed by atoms with Gasteiger partial charge in [0.25, 0.3) is 0 Å². The summed E-state index contributed by atoms with van der Waals surface area (Å²) in [5.74, 6) is -0.962. The van der Waals surface area contributed by atoms with Crippen LogP contribution in [0, 0.1) is 0 Å². The van der Waals surface area contributed by atoms with Gasteiger partial charge in [-0.1, -0.05) is 0 Å². The van der Waals surface area contributed by atoms with E-state index >= 15 is 0 Å². The highest BCUT2D eigenvalue weighted by Gasteiger charge is 2.48. The molecule has 2 rings (SSSR count). The molecule has 5 heteroatoms. The van der Waals surface area contributed by atoms with Gasteiger partial charge >= 0.3 is 5.97 Å². The SMILES string of the molecule is COC1CC(O)(c2occc2C(=O)O)C1. The van der Waals surface area contributed by atoms with Gasteiger partial charge in [0.05, 0.1) is 12.4 Å². The van der Waals surface area contributed by atoms with Crippen LogP contribution in [-0.4, -0.2) is 29.4 Å². The molecule has 1 aromatic rings. The first-order chi connectivity index (χ1) is 7.07. The third-order valence-corrected chi connectivity index (χ3v) is 2.78. The zero-order valence-corrected chi connectivity index (χ0v) is 8.27. The average molecular weight is 212 g/mol. The van der Waals surface area contributed by atoms with Crippen molar-refractivity contribution in [1.29, 1.82) is 0 Å². The first-order valence-corrected chi connectivity index (χ1v) is 4.63. The maximum atomic E-state index is 10.8. The number of methoxy groups -OCH3 is 1. The van der Waals surface area contributed by atoms with E-state index in [0.29, 0.717) is 12.8 Å². The normalized spacial score (nSPS) is 29.9. The Labute approximate surface area is 86.3 Å². The Balaban J connectivity index is 2.23. The van der Waals surface area contributed by atoms with E-state index in [2.05, 4.69) is 0 Å². The van der Waals surface area contributed by atoms with Crippen LogP contribution in [0.15, 0.2) is 16.7 Å². The van der Waals surface area contributed by atoms with Gasteiger partial charge in [0.1, 0.15) is 16.9 Å². The van der Waals surface area contributed by atoms with Gasteiger partial charge in [0, 0.05) is 20.0 Å². The number of carboxylic acid groups (broad SMARTS) is 1. The summed E-state index contributed by atoms with van der Waals surface area (Å²) >= 11 is 0. The lowest BCUT2D eigenvalue weighted by Crippen LogP contribution is -2.45. The second-order valence-corrected chi connectivity index (χ2v) is 3.77. The second kappa shape index (κ2) is 3.36. The summed E-state index contributed by atoms with van der Waals surface area (Å²) < 4.78 is 10.1. The standard InChI is InChI=1S/C10H12O5/c1-14-6-4-10(13,5-6)8-7(9(11)12)2-3-15-8/h2-3,6,13H,4-5H2,1H3,(H,11,12). The lowest BCUT2D eigenvalue weighted by molar-refractivity contribution is -0.143. The van der Waals surface area contributed by atoms with Crippen LogP contribution in [0.25, 0.3) is 0 Å². The highest BCUT2D eigenvalue weighted by atomic mass is 16.5. The van der Waals surface area contributed by atoms with Crippen molar-refractivity contribution in [3.05, 3.63) is 23.7 Å². The molecule has 0 bridgehead atoms. The topological polar surface area (TPSA) is 79.9 Å². The molecule has 0 spiro atoms. The molecule has 0 aromatic carbocycles. The molecule has 2 N–H and O–H groups in total. The van der Waals surface area contributed by atoms with Crippen molar-refractivity contribution in [3.8, 4) is 0 Å². The van der Waals surface area contributed by atoms with Crippen LogP contribution in [0.5, 0.6) is 0 Å². The average Bonchev–Trinajstić information content (AvgIpc) is 2.61. The number of aromatic carboxylic acids is 1. The van der Waals surface area contributed by atoms with Crippen molar-refractivity contribution >= 4 is 5.97 Å². The molecule has 82 valence electrons. The number of hydrogen-bond acceptors (Lipinski definition) is 4. The zero-order chi connectivity index (χ0) is 11.1. The van der Waals surface area contributed by atoms with Crippen LogP contribution in [-0.2, 0) is 10.3 Å². The van der Waals surface area contributed by atoms with E-state index in [-0.39, 0.29) is 17.4 Å². The predicted molar refractivity (Wildman–Crippen MR) is 49.6 cm³/mol. The van der Waals surface area contributed by atoms with E-state index < -0.39 is 11.6 Å². The molecule has 0 aliphatic heterocycles. The van der Waals surface area contributed by atoms with Crippen molar-refractivity contribution in [2.45, 2.75) is 24.5 Å². The largest absolute Gasteiger partial charge is 0.478 e. The molecule has 0 saturated heterocycles. The molecule has 0 atom stereocenters. The number of rotatable bonds is 3. The van der Waals surface area contributed by atoms with E-state index in [1.165, 1.54) is 12.3 Å². The summed E-state index contributed by atoms with van der Waals surface area (Å²) in [5, 5.41) is 18.9. The van der Waals surface area contributed by atoms with Gasteiger partial charge in [-0.15, -0.1) is 0 Å². The van der Waals surface area contributed by atoms with Crippen molar-refractivity contribution in [2.24, 2.45) is 0 Å². The molecule has 1 aliphatic carbocycles. The molecule has 1 aromatic heterocycles. The maximum Gasteiger partial charge on any atom is 0.339 e. The summed E-state index contributed by atoms with van der Waals surface area (Å²) in [5.41, 5.74) is -1.16. The van der Waals surface area contributed by atoms with Gasteiger partial charge in [-0.2, -0.15) is 0 Å². The minimum absolute atomic E-state index is 0.0204. The van der Waals surface area contributed by atoms with Gasteiger partial charge in [0.2, 0.25) is 0 Å². The number of carbonyl (C=O) groups is 1. The Morgan fingerprint density at radius 1 is 1.67 bits per heavy atom. The maximum absolute atomic E-state index is 10.8. The van der Waals surface area contributed by atoms with E-state index in [9.17, 15) is 9.90 Å². The van der Waals surface area contributed by atoms with Crippen LogP contribution < -0.4 is 0 Å². The third-order valence-electron chi connectivity index (χ3n) is 2.78. The van der Waals surface area contributed by atoms with E-state index in [1.54, 1.807) is 7.11 Å². The Morgan fingerprint density at radius 3 is 2.87 bits per heavy atom. The number of furan rings is 1. The summed E-state index contributed by atoms with van der Waals surface area (Å²) in [6, 6.07) is 1.34. The fourth-order valence-electron chi connectivity index (χ4n) is 1.88. The Kier molecular flexibility index (Phi) is 2.28. The predicted octanol–water partition coefficient (Wildman–Crippen LogP) is 0.974. The van der Waals surface area contributed by atoms with Gasteiger partial charge < -0.3 is 19.4 Å². The molecule has 1 fully saturated rings. The molecule has 1 saturated carbocycles. The van der Waals surface area contributed by atoms with Gasteiger partial charge in [-0.3, -0.25) is 0 Å². The molecule has 0 radical (unpaired) electrons. The number of carboxylic acids is 1. The van der Waals surface area contributed by atoms with Crippen LogP contribution in [0.1, 0.15) is 29.0 Å². The second-order valence-electron chi connectivity index (χ2n) is 3.77. The Hall–Kier alpha value is -1.33. The van der Waals surface area contributed by atoms with E-state index in [1.807, 2.05) is 0 Å². The highest BCUT2D eigenvalue weighted by Crippen LogP contribution is 2.44. The summed E-state index contributed by atoms with van der Waals surface area (Å²) in [6.07, 6.45) is 1.99. The molecular formula is C10H12O5. The molecule has 0 unspecified atom stereocenters. The molecule has 0 amide bonds. The molecule has 5 nitrogen and oxygen atoms in total. The quantitative estimate of drug-likeness (QED) is 0.780. The van der Waals surface area contributed by atoms with Gasteiger partial charge in [-0.05, 0) is 6.07 Å². The Morgan fingerprint density at radius 2 is 2.33 bits per heavy atom. The minimum Gasteiger partial charge on any atom is -0.478 e. The molecule has 1 aliphatic rings. The fraction of sp³-hybridized carbons (Fsp3) is 0.500. The van der Waals surface area contributed by atoms with Crippen LogP contribution in [0.2, 0.25) is 0 Å². The van der Waals surface area contributed by atoms with Crippen LogP contribution in [0.3, 0.4) is 0 Å². The fourth-order valence-corrected chi connectivity index (χ4v) is 1.88. The van der Waals surface area contributed by atoms with Crippen LogP contribution >= 0.6 is 0 Å². The van der Waals surface area contributed by atoms with Gasteiger partial charge in [0.15, 0.2) is 0 Å². The molecule has 15 heavy (non-hydrogen) atoms. The summed E-state index contributed by atoms with van der Waals surface area (Å²) in [7, 11) is 1.56. The van der Waals surface area contributed by atoms with Crippen molar-refractivity contribution < 1.29 is 24.2 Å². The van der Waals surface area contributed by atoms with E-state index in [0.717, 1.165) is 0 Å². The number of hydrogen-bond donors (Lipinski definition) is 2. The third kappa shape index (κ3) is 1.53. The highest BCUT2D eigenvalue weighted by molar-refractivity contribution is 5.89. The first kappa shape index (κ1) is 10.2. The van der Waals surface area contributed by atoms with E-state index in [4.69, 9.17) is 14.3 Å². The number of aliphatic hydroxyl groups is 1. The monoisotopic (exact) mass is 212 g/mol. The zero-order valence-electron chi connectivity index (χ0n) is 8.27. The lowest BCUT2D eigenvalue weighted by atomic mass is 9.74. The number of ether oxygens (including phenoxy) is 1. The van der Waals surface area contributed by atoms with Crippen molar-refractivity contribution in [2.75, 3.05) is 7.11 Å². The summed E-state index contributed by atoms with van der Waals surface area (Å²) in [6.45, 7) is 0. The lowest BCUT2D eigenvalue weighted by Gasteiger charge is -2.41. The molecule has 1 heterocycles. The first-order valence-electron chi connectivity index (χ1n) is 4.63.